The Morgan fingerprint density at radius 2 is 2.05 bits per heavy atom. The van der Waals surface area contributed by atoms with Crippen LogP contribution in [0.5, 0.6) is 0 Å². The van der Waals surface area contributed by atoms with Gasteiger partial charge in [0.2, 0.25) is 5.43 Å². The maximum Gasteiger partial charge on any atom is 0.215 e. The minimum Gasteiger partial charge on any atom is -0.338 e. The van der Waals surface area contributed by atoms with Crippen LogP contribution in [0, 0.1) is 6.92 Å². The Hall–Kier alpha value is -1.37. The zero-order chi connectivity index (χ0) is 15.0. The van der Waals surface area contributed by atoms with Crippen molar-refractivity contribution in [2.24, 2.45) is 7.05 Å². The van der Waals surface area contributed by atoms with Crippen molar-refractivity contribution in [3.63, 3.8) is 0 Å². The van der Waals surface area contributed by atoms with Crippen molar-refractivity contribution < 1.29 is 0 Å². The van der Waals surface area contributed by atoms with Gasteiger partial charge in [0.15, 0.2) is 0 Å². The van der Waals surface area contributed by atoms with E-state index in [9.17, 15) is 4.79 Å². The summed E-state index contributed by atoms with van der Waals surface area (Å²) in [5.74, 6) is 0. The highest BCUT2D eigenvalue weighted by Gasteiger charge is 2.14. The molecular weight excluding hydrogens is 377 g/mol. The maximum absolute atomic E-state index is 12.7. The van der Waals surface area contributed by atoms with Crippen LogP contribution in [0.25, 0.3) is 21.9 Å². The third-order valence-corrected chi connectivity index (χ3v) is 4.64. The zero-order valence-electron chi connectivity index (χ0n) is 12.3. The van der Waals surface area contributed by atoms with Crippen molar-refractivity contribution in [3.8, 4) is 0 Å². The number of aromatic nitrogens is 3. The van der Waals surface area contributed by atoms with E-state index in [0.29, 0.717) is 5.52 Å². The number of aryl methyl sites for hydroxylation is 3. The van der Waals surface area contributed by atoms with Crippen molar-refractivity contribution in [1.82, 2.24) is 14.3 Å². The maximum atomic E-state index is 12.7. The minimum absolute atomic E-state index is 0.0776. The summed E-state index contributed by atoms with van der Waals surface area (Å²) in [6.45, 7) is 2.94. The van der Waals surface area contributed by atoms with Gasteiger partial charge < -0.3 is 4.57 Å². The van der Waals surface area contributed by atoms with E-state index in [-0.39, 0.29) is 5.43 Å². The van der Waals surface area contributed by atoms with Gasteiger partial charge in [-0.25, -0.2) is 0 Å². The molecule has 3 rings (SSSR count). The molecule has 2 aromatic heterocycles. The predicted octanol–water partition coefficient (Wildman–Crippen LogP) is 3.41. The molecular formula is C16H18IN3O. The SMILES string of the molecule is Cc1ccc2c(c1)c(=O)c1c(cnn1C)n2CCCCI. The van der Waals surface area contributed by atoms with Crippen LogP contribution >= 0.6 is 22.6 Å². The highest BCUT2D eigenvalue weighted by atomic mass is 127. The quantitative estimate of drug-likeness (QED) is 0.386. The number of hydrogen-bond acceptors (Lipinski definition) is 2. The lowest BCUT2D eigenvalue weighted by Crippen LogP contribution is -2.13. The summed E-state index contributed by atoms with van der Waals surface area (Å²) in [6, 6.07) is 6.11. The zero-order valence-corrected chi connectivity index (χ0v) is 14.4. The summed E-state index contributed by atoms with van der Waals surface area (Å²) >= 11 is 2.40. The topological polar surface area (TPSA) is 39.8 Å². The molecule has 0 bridgehead atoms. The fourth-order valence-electron chi connectivity index (χ4n) is 2.82. The average molecular weight is 395 g/mol. The van der Waals surface area contributed by atoms with Gasteiger partial charge in [0.1, 0.15) is 5.52 Å². The molecule has 0 amide bonds. The molecule has 2 heterocycles. The normalized spacial score (nSPS) is 11.6. The summed E-state index contributed by atoms with van der Waals surface area (Å²) in [5, 5.41) is 5.08. The molecule has 21 heavy (non-hydrogen) atoms. The van der Waals surface area contributed by atoms with Crippen molar-refractivity contribution in [2.75, 3.05) is 4.43 Å². The Morgan fingerprint density at radius 3 is 2.81 bits per heavy atom. The molecule has 5 heteroatoms. The number of pyridine rings is 1. The van der Waals surface area contributed by atoms with E-state index in [4.69, 9.17) is 0 Å². The van der Waals surface area contributed by atoms with Gasteiger partial charge >= 0.3 is 0 Å². The van der Waals surface area contributed by atoms with Crippen LogP contribution < -0.4 is 5.43 Å². The number of hydrogen-bond donors (Lipinski definition) is 0. The first kappa shape index (κ1) is 14.6. The lowest BCUT2D eigenvalue weighted by molar-refractivity contribution is 0.669. The summed E-state index contributed by atoms with van der Waals surface area (Å²) in [5.41, 5.74) is 3.84. The monoisotopic (exact) mass is 395 g/mol. The molecule has 0 unspecified atom stereocenters. The number of alkyl halides is 1. The highest BCUT2D eigenvalue weighted by molar-refractivity contribution is 14.1. The van der Waals surface area contributed by atoms with Gasteiger partial charge in [0, 0.05) is 19.0 Å². The minimum atomic E-state index is 0.0776. The molecule has 0 aliphatic rings. The van der Waals surface area contributed by atoms with Crippen LogP contribution in [-0.4, -0.2) is 18.8 Å². The number of unbranched alkanes of at least 4 members (excludes halogenated alkanes) is 1. The van der Waals surface area contributed by atoms with Crippen LogP contribution in [0.3, 0.4) is 0 Å². The van der Waals surface area contributed by atoms with Crippen molar-refractivity contribution in [2.45, 2.75) is 26.3 Å². The molecule has 0 aliphatic heterocycles. The molecule has 3 aromatic rings. The van der Waals surface area contributed by atoms with Crippen molar-refractivity contribution in [3.05, 3.63) is 40.2 Å². The lowest BCUT2D eigenvalue weighted by Gasteiger charge is -2.13. The standard InChI is InChI=1S/C16H18IN3O/c1-11-5-6-13-12(9-11)16(21)15-14(10-18-19(15)2)20(13)8-4-3-7-17/h5-6,9-10H,3-4,7-8H2,1-2H3. The van der Waals surface area contributed by atoms with Crippen LogP contribution in [-0.2, 0) is 13.6 Å². The van der Waals surface area contributed by atoms with Crippen molar-refractivity contribution in [1.29, 1.82) is 0 Å². The molecule has 0 saturated heterocycles. The largest absolute Gasteiger partial charge is 0.338 e. The number of halogens is 1. The smallest absolute Gasteiger partial charge is 0.215 e. The van der Waals surface area contributed by atoms with Gasteiger partial charge in [0.05, 0.1) is 17.2 Å². The molecule has 0 N–H and O–H groups in total. The van der Waals surface area contributed by atoms with Gasteiger partial charge in [-0.1, -0.05) is 34.2 Å². The van der Waals surface area contributed by atoms with E-state index in [2.05, 4.69) is 44.4 Å². The Balaban J connectivity index is 2.34. The highest BCUT2D eigenvalue weighted by Crippen LogP contribution is 2.20. The van der Waals surface area contributed by atoms with Crippen LogP contribution in [0.2, 0.25) is 0 Å². The summed E-state index contributed by atoms with van der Waals surface area (Å²) in [4.78, 5) is 12.7. The third-order valence-electron chi connectivity index (χ3n) is 3.88. The molecule has 0 spiro atoms. The second kappa shape index (κ2) is 5.79. The molecule has 0 aliphatic carbocycles. The number of rotatable bonds is 4. The second-order valence-electron chi connectivity index (χ2n) is 5.40. The first-order valence-corrected chi connectivity index (χ1v) is 8.67. The van der Waals surface area contributed by atoms with Gasteiger partial charge in [0.25, 0.3) is 0 Å². The molecule has 1 aromatic carbocycles. The van der Waals surface area contributed by atoms with Crippen LogP contribution in [0.1, 0.15) is 18.4 Å². The van der Waals surface area contributed by atoms with Gasteiger partial charge in [-0.05, 0) is 36.3 Å². The molecule has 4 nitrogen and oxygen atoms in total. The van der Waals surface area contributed by atoms with E-state index in [1.807, 2.05) is 20.0 Å². The number of benzene rings is 1. The van der Waals surface area contributed by atoms with Gasteiger partial charge in [-0.2, -0.15) is 5.10 Å². The van der Waals surface area contributed by atoms with E-state index in [1.54, 1.807) is 10.9 Å². The van der Waals surface area contributed by atoms with Crippen LogP contribution in [0.4, 0.5) is 0 Å². The van der Waals surface area contributed by atoms with E-state index >= 15 is 0 Å². The molecule has 0 saturated carbocycles. The van der Waals surface area contributed by atoms with E-state index in [1.165, 1.54) is 6.42 Å². The fraction of sp³-hybridized carbons (Fsp3) is 0.375. The Kier molecular flexibility index (Phi) is 4.01. The molecule has 110 valence electrons. The molecule has 0 fully saturated rings. The van der Waals surface area contributed by atoms with E-state index < -0.39 is 0 Å². The number of nitrogens with zero attached hydrogens (tertiary/aromatic N) is 3. The number of fused-ring (bicyclic) bond motifs is 2. The molecule has 0 radical (unpaired) electrons. The van der Waals surface area contributed by atoms with Gasteiger partial charge in [-0.3, -0.25) is 9.48 Å². The Bertz CT molecular complexity index is 863. The van der Waals surface area contributed by atoms with Crippen LogP contribution in [0.15, 0.2) is 29.2 Å². The third kappa shape index (κ3) is 2.47. The van der Waals surface area contributed by atoms with Gasteiger partial charge in [-0.15, -0.1) is 0 Å². The second-order valence-corrected chi connectivity index (χ2v) is 6.48. The summed E-state index contributed by atoms with van der Waals surface area (Å²) in [6.07, 6.45) is 4.10. The Morgan fingerprint density at radius 1 is 1.24 bits per heavy atom. The predicted molar refractivity (Wildman–Crippen MR) is 95.3 cm³/mol. The summed E-state index contributed by atoms with van der Waals surface area (Å²) < 4.78 is 5.09. The molecule has 0 atom stereocenters. The first-order chi connectivity index (χ1) is 10.1. The average Bonchev–Trinajstić information content (AvgIpc) is 2.85. The Labute approximate surface area is 136 Å². The van der Waals surface area contributed by atoms with E-state index in [0.717, 1.165) is 39.4 Å². The van der Waals surface area contributed by atoms with Crippen molar-refractivity contribution >= 4 is 44.5 Å². The lowest BCUT2D eigenvalue weighted by atomic mass is 10.1. The first-order valence-electron chi connectivity index (χ1n) is 7.14. The fourth-order valence-corrected chi connectivity index (χ4v) is 3.36. The summed E-state index contributed by atoms with van der Waals surface area (Å²) in [7, 11) is 1.83.